The first kappa shape index (κ1) is 15.1. The maximum absolute atomic E-state index is 12.0. The summed E-state index contributed by atoms with van der Waals surface area (Å²) in [5, 5.41) is 24.4. The van der Waals surface area contributed by atoms with E-state index in [1.165, 1.54) is 0 Å². The van der Waals surface area contributed by atoms with Crippen LogP contribution in [0.4, 0.5) is 4.79 Å². The maximum Gasteiger partial charge on any atom is 0.332 e. The molecule has 4 N–H and O–H groups in total. The first-order valence-corrected chi connectivity index (χ1v) is 7.11. The molecule has 1 heterocycles. The van der Waals surface area contributed by atoms with Crippen molar-refractivity contribution in [2.24, 2.45) is 0 Å². The maximum atomic E-state index is 12.0. The standard InChI is InChI=1S/C13H22N2O5/c16-10-5-3-1-2-4-9(10)14-12(19)15-13(11(17)18)6-7-20-8-13/h9-10,16H,1-8H2,(H,17,18)(H2,14,15,19). The van der Waals surface area contributed by atoms with Gasteiger partial charge in [0, 0.05) is 13.0 Å². The lowest BCUT2D eigenvalue weighted by molar-refractivity contribution is -0.144. The van der Waals surface area contributed by atoms with Crippen LogP contribution in [-0.2, 0) is 9.53 Å². The molecule has 0 aromatic carbocycles. The zero-order valence-electron chi connectivity index (χ0n) is 11.4. The van der Waals surface area contributed by atoms with E-state index in [-0.39, 0.29) is 19.1 Å². The Labute approximate surface area is 117 Å². The second kappa shape index (κ2) is 6.41. The van der Waals surface area contributed by atoms with Gasteiger partial charge in [0.05, 0.1) is 18.8 Å². The number of aliphatic carboxylic acids is 1. The number of rotatable bonds is 3. The molecule has 0 spiro atoms. The van der Waals surface area contributed by atoms with Crippen LogP contribution in [-0.4, -0.2) is 53.1 Å². The van der Waals surface area contributed by atoms with Crippen molar-refractivity contribution in [2.45, 2.75) is 56.2 Å². The number of carboxylic acids is 1. The number of amides is 2. The van der Waals surface area contributed by atoms with E-state index in [1.54, 1.807) is 0 Å². The molecular weight excluding hydrogens is 264 g/mol. The van der Waals surface area contributed by atoms with Crippen molar-refractivity contribution >= 4 is 12.0 Å². The van der Waals surface area contributed by atoms with E-state index in [2.05, 4.69) is 10.6 Å². The molecule has 0 aromatic rings. The Morgan fingerprint density at radius 3 is 2.60 bits per heavy atom. The third-order valence-electron chi connectivity index (χ3n) is 4.08. The van der Waals surface area contributed by atoms with Gasteiger partial charge in [0.1, 0.15) is 0 Å². The van der Waals surface area contributed by atoms with Crippen LogP contribution in [0.25, 0.3) is 0 Å². The Kier molecular flexibility index (Phi) is 4.82. The minimum Gasteiger partial charge on any atom is -0.479 e. The molecule has 1 aliphatic carbocycles. The number of carboxylic acid groups (broad SMARTS) is 1. The van der Waals surface area contributed by atoms with E-state index in [4.69, 9.17) is 4.74 Å². The van der Waals surface area contributed by atoms with E-state index >= 15 is 0 Å². The quantitative estimate of drug-likeness (QED) is 0.555. The Balaban J connectivity index is 1.92. The molecule has 2 amide bonds. The van der Waals surface area contributed by atoms with Gasteiger partial charge >= 0.3 is 12.0 Å². The van der Waals surface area contributed by atoms with Crippen molar-refractivity contribution in [3.8, 4) is 0 Å². The minimum atomic E-state index is -1.35. The number of hydrogen-bond donors (Lipinski definition) is 4. The third-order valence-corrected chi connectivity index (χ3v) is 4.08. The van der Waals surface area contributed by atoms with Gasteiger partial charge in [0.25, 0.3) is 0 Å². The number of aliphatic hydroxyl groups is 1. The van der Waals surface area contributed by atoms with E-state index in [9.17, 15) is 19.8 Å². The molecule has 0 aromatic heterocycles. The average molecular weight is 286 g/mol. The zero-order chi connectivity index (χ0) is 14.6. The number of ether oxygens (including phenoxy) is 1. The summed E-state index contributed by atoms with van der Waals surface area (Å²) in [7, 11) is 0. The van der Waals surface area contributed by atoms with Crippen molar-refractivity contribution < 1.29 is 24.5 Å². The summed E-state index contributed by atoms with van der Waals surface area (Å²) in [5.41, 5.74) is -1.35. The van der Waals surface area contributed by atoms with Crippen LogP contribution in [0.2, 0.25) is 0 Å². The van der Waals surface area contributed by atoms with Gasteiger partial charge < -0.3 is 25.6 Å². The van der Waals surface area contributed by atoms with E-state index < -0.39 is 23.6 Å². The predicted molar refractivity (Wildman–Crippen MR) is 70.4 cm³/mol. The van der Waals surface area contributed by atoms with E-state index in [0.717, 1.165) is 19.3 Å². The zero-order valence-corrected chi connectivity index (χ0v) is 11.4. The summed E-state index contributed by atoms with van der Waals surface area (Å²) in [6.07, 6.45) is 4.02. The fraction of sp³-hybridized carbons (Fsp3) is 0.846. The molecule has 2 fully saturated rings. The number of aliphatic hydroxyl groups excluding tert-OH is 1. The first-order chi connectivity index (χ1) is 9.53. The molecule has 1 saturated carbocycles. The van der Waals surface area contributed by atoms with Gasteiger partial charge in [0.15, 0.2) is 5.54 Å². The van der Waals surface area contributed by atoms with Crippen molar-refractivity contribution in [2.75, 3.05) is 13.2 Å². The molecule has 0 bridgehead atoms. The highest BCUT2D eigenvalue weighted by Crippen LogP contribution is 2.20. The largest absolute Gasteiger partial charge is 0.479 e. The van der Waals surface area contributed by atoms with Crippen LogP contribution in [0.5, 0.6) is 0 Å². The normalized spacial score (nSPS) is 34.2. The van der Waals surface area contributed by atoms with Gasteiger partial charge in [0.2, 0.25) is 0 Å². The first-order valence-electron chi connectivity index (χ1n) is 7.11. The molecule has 3 unspecified atom stereocenters. The van der Waals surface area contributed by atoms with Crippen molar-refractivity contribution in [3.63, 3.8) is 0 Å². The van der Waals surface area contributed by atoms with Gasteiger partial charge in [-0.25, -0.2) is 9.59 Å². The molecule has 0 radical (unpaired) electrons. The van der Waals surface area contributed by atoms with E-state index in [0.29, 0.717) is 19.4 Å². The fourth-order valence-electron chi connectivity index (χ4n) is 2.76. The SMILES string of the molecule is O=C(NC1CCCCCC1O)NC1(C(=O)O)CCOC1. The van der Waals surface area contributed by atoms with Gasteiger partial charge in [-0.1, -0.05) is 19.3 Å². The Morgan fingerprint density at radius 1 is 1.20 bits per heavy atom. The molecule has 7 heteroatoms. The molecule has 20 heavy (non-hydrogen) atoms. The average Bonchev–Trinajstić information content (AvgIpc) is 2.77. The Hall–Kier alpha value is -1.34. The Bertz CT molecular complexity index is 368. The minimum absolute atomic E-state index is 0.0248. The van der Waals surface area contributed by atoms with Crippen LogP contribution >= 0.6 is 0 Å². The second-order valence-electron chi connectivity index (χ2n) is 5.60. The fourth-order valence-corrected chi connectivity index (χ4v) is 2.76. The summed E-state index contributed by atoms with van der Waals surface area (Å²) in [6, 6.07) is -0.866. The lowest BCUT2D eigenvalue weighted by Crippen LogP contribution is -2.59. The highest BCUT2D eigenvalue weighted by Gasteiger charge is 2.44. The lowest BCUT2D eigenvalue weighted by atomic mass is 9.99. The highest BCUT2D eigenvalue weighted by molar-refractivity contribution is 5.86. The molecule has 3 atom stereocenters. The molecular formula is C13H22N2O5. The van der Waals surface area contributed by atoms with Gasteiger partial charge in [-0.15, -0.1) is 0 Å². The third kappa shape index (κ3) is 3.40. The van der Waals surface area contributed by atoms with Crippen molar-refractivity contribution in [3.05, 3.63) is 0 Å². The highest BCUT2D eigenvalue weighted by atomic mass is 16.5. The van der Waals surface area contributed by atoms with Crippen LogP contribution < -0.4 is 10.6 Å². The predicted octanol–water partition coefficient (Wildman–Crippen LogP) is 0.223. The molecule has 2 aliphatic rings. The van der Waals surface area contributed by atoms with Crippen molar-refractivity contribution in [1.29, 1.82) is 0 Å². The molecule has 1 aliphatic heterocycles. The van der Waals surface area contributed by atoms with Crippen molar-refractivity contribution in [1.82, 2.24) is 10.6 Å². The summed E-state index contributed by atoms with van der Waals surface area (Å²) in [6.45, 7) is 0.293. The summed E-state index contributed by atoms with van der Waals surface area (Å²) < 4.78 is 5.08. The number of carbonyl (C=O) groups is 2. The Morgan fingerprint density at radius 2 is 1.95 bits per heavy atom. The van der Waals surface area contributed by atoms with E-state index in [1.807, 2.05) is 0 Å². The number of nitrogens with one attached hydrogen (secondary N) is 2. The summed E-state index contributed by atoms with van der Waals surface area (Å²) in [4.78, 5) is 23.3. The van der Waals surface area contributed by atoms with Gasteiger partial charge in [-0.3, -0.25) is 0 Å². The van der Waals surface area contributed by atoms with Crippen LogP contribution in [0.15, 0.2) is 0 Å². The molecule has 2 rings (SSSR count). The lowest BCUT2D eigenvalue weighted by Gasteiger charge is -2.27. The van der Waals surface area contributed by atoms with Gasteiger partial charge in [-0.05, 0) is 12.8 Å². The topological polar surface area (TPSA) is 108 Å². The monoisotopic (exact) mass is 286 g/mol. The van der Waals surface area contributed by atoms with Crippen LogP contribution in [0, 0.1) is 0 Å². The second-order valence-corrected chi connectivity index (χ2v) is 5.60. The molecule has 1 saturated heterocycles. The molecule has 7 nitrogen and oxygen atoms in total. The summed E-state index contributed by atoms with van der Waals surface area (Å²) in [5.74, 6) is -1.09. The number of hydrogen-bond acceptors (Lipinski definition) is 4. The summed E-state index contributed by atoms with van der Waals surface area (Å²) >= 11 is 0. The van der Waals surface area contributed by atoms with Crippen LogP contribution in [0.1, 0.15) is 38.5 Å². The number of urea groups is 1. The van der Waals surface area contributed by atoms with Crippen LogP contribution in [0.3, 0.4) is 0 Å². The smallest absolute Gasteiger partial charge is 0.332 e. The number of carbonyl (C=O) groups excluding carboxylic acids is 1. The molecule has 114 valence electrons. The van der Waals surface area contributed by atoms with Gasteiger partial charge in [-0.2, -0.15) is 0 Å².